The average molecular weight is 431 g/mol. The summed E-state index contributed by atoms with van der Waals surface area (Å²) in [6, 6.07) is 12.1. The molecular formula is C25H39ClN4. The Morgan fingerprint density at radius 2 is 1.73 bits per heavy atom. The molecule has 0 bridgehead atoms. The molecule has 1 fully saturated rings. The van der Waals surface area contributed by atoms with Crippen LogP contribution in [0.25, 0.3) is 22.4 Å². The molecule has 4 nitrogen and oxygen atoms in total. The third-order valence-electron chi connectivity index (χ3n) is 4.61. The van der Waals surface area contributed by atoms with Crippen LogP contribution in [-0.2, 0) is 0 Å². The minimum absolute atomic E-state index is 0.609. The number of likely N-dealkylation sites (N-methyl/N-ethyl adjacent to an activating group) is 1. The highest BCUT2D eigenvalue weighted by Crippen LogP contribution is 2.31. The number of halogens is 1. The Kier molecular flexibility index (Phi) is 11.5. The number of nitrogens with two attached hydrogens (primary N) is 1. The lowest BCUT2D eigenvalue weighted by Crippen LogP contribution is -2.24. The smallest absolute Gasteiger partial charge is 0.140 e. The van der Waals surface area contributed by atoms with Gasteiger partial charge in [0, 0.05) is 31.4 Å². The Morgan fingerprint density at radius 3 is 2.30 bits per heavy atom. The summed E-state index contributed by atoms with van der Waals surface area (Å²) in [7, 11) is 2.02. The van der Waals surface area contributed by atoms with Gasteiger partial charge in [0.05, 0.1) is 16.1 Å². The molecular weight excluding hydrogens is 392 g/mol. The molecule has 0 spiro atoms. The molecule has 3 aromatic rings. The number of imidazole rings is 1. The van der Waals surface area contributed by atoms with Crippen molar-refractivity contribution in [1.29, 1.82) is 0 Å². The number of H-pyrrole nitrogens is 1. The zero-order chi connectivity index (χ0) is 22.7. The standard InChI is InChI=1S/C17H19ClN4.C4H8.2C2H6/c1-11-3-6-15-16(9-11)21-17(20-15)13-10-12(4-5-14(13)18)22(2)8-7-19;1-4-2-3-4;2*1-2/h3-6,9-10H,7-8,19H2,1-2H3,(H,20,21);4H,2-3H2,1H3;2*1-2H3. The van der Waals surface area contributed by atoms with Crippen LogP contribution in [0.1, 0.15) is 53.0 Å². The molecule has 30 heavy (non-hydrogen) atoms. The summed E-state index contributed by atoms with van der Waals surface area (Å²) in [5.41, 5.74) is 10.8. The minimum atomic E-state index is 0.609. The van der Waals surface area contributed by atoms with Crippen molar-refractivity contribution in [1.82, 2.24) is 9.97 Å². The third kappa shape index (κ3) is 7.66. The van der Waals surface area contributed by atoms with Gasteiger partial charge in [-0.1, -0.05) is 65.1 Å². The Balaban J connectivity index is 0.000000484. The molecule has 0 radical (unpaired) electrons. The molecule has 1 aliphatic carbocycles. The number of aromatic amines is 1. The number of nitrogens with zero attached hydrogens (tertiary/aromatic N) is 2. The highest BCUT2D eigenvalue weighted by Gasteiger charge is 2.13. The van der Waals surface area contributed by atoms with Crippen LogP contribution >= 0.6 is 11.6 Å². The molecule has 0 amide bonds. The van der Waals surface area contributed by atoms with Gasteiger partial charge in [0.15, 0.2) is 0 Å². The summed E-state index contributed by atoms with van der Waals surface area (Å²) in [5, 5.41) is 0.681. The molecule has 0 aliphatic heterocycles. The maximum atomic E-state index is 6.37. The van der Waals surface area contributed by atoms with Crippen molar-refractivity contribution in [2.45, 2.75) is 54.4 Å². The van der Waals surface area contributed by atoms with Crippen LogP contribution in [0.2, 0.25) is 5.02 Å². The molecule has 1 aromatic heterocycles. The number of aryl methyl sites for hydroxylation is 1. The number of benzene rings is 2. The van der Waals surface area contributed by atoms with E-state index in [1.165, 1.54) is 18.4 Å². The maximum absolute atomic E-state index is 6.37. The average Bonchev–Trinajstić information content (AvgIpc) is 3.43. The number of anilines is 1. The van der Waals surface area contributed by atoms with Gasteiger partial charge in [-0.3, -0.25) is 0 Å². The van der Waals surface area contributed by atoms with Crippen LogP contribution in [0.4, 0.5) is 5.69 Å². The normalized spacial score (nSPS) is 12.0. The van der Waals surface area contributed by atoms with E-state index in [9.17, 15) is 0 Å². The Bertz CT molecular complexity index is 884. The Labute approximate surface area is 187 Å². The number of fused-ring (bicyclic) bond motifs is 1. The second-order valence-electron chi connectivity index (χ2n) is 7.16. The van der Waals surface area contributed by atoms with E-state index in [2.05, 4.69) is 40.8 Å². The van der Waals surface area contributed by atoms with Gasteiger partial charge in [0.25, 0.3) is 0 Å². The van der Waals surface area contributed by atoms with E-state index in [1.54, 1.807) is 0 Å². The summed E-state index contributed by atoms with van der Waals surface area (Å²) in [4.78, 5) is 10.1. The molecule has 5 heteroatoms. The molecule has 1 aliphatic rings. The molecule has 0 saturated heterocycles. The van der Waals surface area contributed by atoms with Crippen molar-refractivity contribution >= 4 is 28.3 Å². The molecule has 0 atom stereocenters. The van der Waals surface area contributed by atoms with Gasteiger partial charge in [0.1, 0.15) is 5.82 Å². The summed E-state index contributed by atoms with van der Waals surface area (Å²) in [6.07, 6.45) is 2.97. The predicted octanol–water partition coefficient (Wildman–Crippen LogP) is 7.06. The van der Waals surface area contributed by atoms with Crippen molar-refractivity contribution in [3.63, 3.8) is 0 Å². The molecule has 1 heterocycles. The van der Waals surface area contributed by atoms with Gasteiger partial charge in [-0.2, -0.15) is 0 Å². The molecule has 166 valence electrons. The van der Waals surface area contributed by atoms with Crippen LogP contribution < -0.4 is 10.6 Å². The topological polar surface area (TPSA) is 57.9 Å². The van der Waals surface area contributed by atoms with E-state index in [-0.39, 0.29) is 0 Å². The van der Waals surface area contributed by atoms with Gasteiger partial charge in [-0.15, -0.1) is 0 Å². The van der Waals surface area contributed by atoms with E-state index in [0.29, 0.717) is 11.6 Å². The van der Waals surface area contributed by atoms with Crippen LogP contribution in [0, 0.1) is 12.8 Å². The molecule has 2 aromatic carbocycles. The third-order valence-corrected chi connectivity index (χ3v) is 4.94. The van der Waals surface area contributed by atoms with Gasteiger partial charge >= 0.3 is 0 Å². The number of nitrogens with one attached hydrogen (secondary N) is 1. The lowest BCUT2D eigenvalue weighted by atomic mass is 10.1. The van der Waals surface area contributed by atoms with E-state index in [0.717, 1.165) is 40.6 Å². The fourth-order valence-electron chi connectivity index (χ4n) is 2.67. The summed E-state index contributed by atoms with van der Waals surface area (Å²) >= 11 is 6.37. The lowest BCUT2D eigenvalue weighted by molar-refractivity contribution is 0.886. The summed E-state index contributed by atoms with van der Waals surface area (Å²) in [6.45, 7) is 13.7. The van der Waals surface area contributed by atoms with Crippen LogP contribution in [0.5, 0.6) is 0 Å². The molecule has 4 rings (SSSR count). The molecule has 1 saturated carbocycles. The number of hydrogen-bond acceptors (Lipinski definition) is 3. The zero-order valence-corrected chi connectivity index (χ0v) is 20.5. The quantitative estimate of drug-likeness (QED) is 0.465. The largest absolute Gasteiger partial charge is 0.373 e. The number of rotatable bonds is 4. The minimum Gasteiger partial charge on any atom is -0.373 e. The number of hydrogen-bond donors (Lipinski definition) is 2. The van der Waals surface area contributed by atoms with E-state index in [1.807, 2.05) is 59.0 Å². The van der Waals surface area contributed by atoms with E-state index < -0.39 is 0 Å². The first-order valence-electron chi connectivity index (χ1n) is 11.2. The van der Waals surface area contributed by atoms with Crippen molar-refractivity contribution in [3.8, 4) is 11.4 Å². The predicted molar refractivity (Wildman–Crippen MR) is 135 cm³/mol. The maximum Gasteiger partial charge on any atom is 0.140 e. The highest BCUT2D eigenvalue weighted by molar-refractivity contribution is 6.33. The highest BCUT2D eigenvalue weighted by atomic mass is 35.5. The van der Waals surface area contributed by atoms with Crippen LogP contribution in [-0.4, -0.2) is 30.1 Å². The van der Waals surface area contributed by atoms with Crippen molar-refractivity contribution in [3.05, 3.63) is 47.0 Å². The fraction of sp³-hybridized carbons (Fsp3) is 0.480. The second-order valence-corrected chi connectivity index (χ2v) is 7.57. The fourth-order valence-corrected chi connectivity index (χ4v) is 2.88. The number of aromatic nitrogens is 2. The molecule has 3 N–H and O–H groups in total. The van der Waals surface area contributed by atoms with Crippen molar-refractivity contribution < 1.29 is 0 Å². The van der Waals surface area contributed by atoms with Crippen LogP contribution in [0.15, 0.2) is 36.4 Å². The second kappa shape index (κ2) is 13.3. The zero-order valence-electron chi connectivity index (χ0n) is 19.7. The summed E-state index contributed by atoms with van der Waals surface area (Å²) in [5.74, 6) is 1.87. The van der Waals surface area contributed by atoms with Gasteiger partial charge < -0.3 is 15.6 Å². The lowest BCUT2D eigenvalue weighted by Gasteiger charge is -2.19. The van der Waals surface area contributed by atoms with Crippen molar-refractivity contribution in [2.24, 2.45) is 11.7 Å². The van der Waals surface area contributed by atoms with Gasteiger partial charge in [0.2, 0.25) is 0 Å². The van der Waals surface area contributed by atoms with Crippen molar-refractivity contribution in [2.75, 3.05) is 25.0 Å². The van der Waals surface area contributed by atoms with Gasteiger partial charge in [-0.25, -0.2) is 4.98 Å². The van der Waals surface area contributed by atoms with Crippen LogP contribution in [0.3, 0.4) is 0 Å². The SMILES string of the molecule is CC.CC.CC1CC1.Cc1ccc2nc(-c3cc(N(C)CCN)ccc3Cl)[nH]c2c1. The van der Waals surface area contributed by atoms with E-state index in [4.69, 9.17) is 17.3 Å². The summed E-state index contributed by atoms with van der Waals surface area (Å²) < 4.78 is 0. The first-order chi connectivity index (χ1) is 14.5. The molecule has 0 unspecified atom stereocenters. The van der Waals surface area contributed by atoms with Gasteiger partial charge in [-0.05, 0) is 48.7 Å². The Morgan fingerprint density at radius 1 is 1.10 bits per heavy atom. The first-order valence-corrected chi connectivity index (χ1v) is 11.5. The first kappa shape index (κ1) is 26.0. The van der Waals surface area contributed by atoms with E-state index >= 15 is 0 Å². The Hall–Kier alpha value is -2.04. The monoisotopic (exact) mass is 430 g/mol.